The highest BCUT2D eigenvalue weighted by Crippen LogP contribution is 2.33. The number of nitrogens with zero attached hydrogens (tertiary/aromatic N) is 2. The minimum Gasteiger partial charge on any atom is -0.481 e. The van der Waals surface area contributed by atoms with Crippen molar-refractivity contribution in [3.8, 4) is 0 Å². The number of carbonyl (C=O) groups is 2. The van der Waals surface area contributed by atoms with E-state index in [-0.39, 0.29) is 17.9 Å². The Balaban J connectivity index is 2.23. The van der Waals surface area contributed by atoms with Gasteiger partial charge in [0.05, 0.1) is 16.6 Å². The molecule has 0 radical (unpaired) electrons. The van der Waals surface area contributed by atoms with Crippen LogP contribution in [0, 0.1) is 5.41 Å². The van der Waals surface area contributed by atoms with Crippen molar-refractivity contribution in [1.29, 1.82) is 0 Å². The molecular formula is C14H20N2O3S. The van der Waals surface area contributed by atoms with Crippen LogP contribution < -0.4 is 0 Å². The van der Waals surface area contributed by atoms with Crippen LogP contribution in [0.3, 0.4) is 0 Å². The first kappa shape index (κ1) is 15.0. The smallest absolute Gasteiger partial charge is 0.311 e. The predicted octanol–water partition coefficient (Wildman–Crippen LogP) is 2.38. The number of likely N-dealkylation sites (tertiary alicyclic amines) is 1. The van der Waals surface area contributed by atoms with Gasteiger partial charge in [-0.1, -0.05) is 20.8 Å². The number of hydrogen-bond acceptors (Lipinski definition) is 4. The van der Waals surface area contributed by atoms with Crippen LogP contribution in [0.5, 0.6) is 0 Å². The zero-order chi connectivity index (χ0) is 15.1. The first-order valence-electron chi connectivity index (χ1n) is 6.62. The highest BCUT2D eigenvalue weighted by atomic mass is 32.1. The Morgan fingerprint density at radius 3 is 2.60 bits per heavy atom. The molecule has 1 atom stereocenters. The molecule has 2 rings (SSSR count). The Morgan fingerprint density at radius 1 is 1.45 bits per heavy atom. The van der Waals surface area contributed by atoms with Gasteiger partial charge in [0.25, 0.3) is 5.91 Å². The van der Waals surface area contributed by atoms with E-state index in [1.54, 1.807) is 17.3 Å². The van der Waals surface area contributed by atoms with Crippen molar-refractivity contribution >= 4 is 23.2 Å². The molecule has 1 aliphatic rings. The minimum atomic E-state index is -0.840. The van der Waals surface area contributed by atoms with Crippen LogP contribution in [0.15, 0.2) is 5.51 Å². The average molecular weight is 296 g/mol. The summed E-state index contributed by atoms with van der Waals surface area (Å²) in [5, 5.41) is 9.24. The maximum Gasteiger partial charge on any atom is 0.311 e. The second-order valence-electron chi connectivity index (χ2n) is 6.62. The van der Waals surface area contributed by atoms with E-state index in [1.807, 2.05) is 20.8 Å². The maximum absolute atomic E-state index is 12.6. The number of carbonyl (C=O) groups excluding carboxylic acids is 1. The lowest BCUT2D eigenvalue weighted by molar-refractivity contribution is -0.147. The van der Waals surface area contributed by atoms with Crippen LogP contribution in [0.4, 0.5) is 0 Å². The van der Waals surface area contributed by atoms with Crippen LogP contribution >= 0.6 is 11.3 Å². The first-order valence-corrected chi connectivity index (χ1v) is 7.50. The van der Waals surface area contributed by atoms with E-state index in [0.717, 1.165) is 5.69 Å². The van der Waals surface area contributed by atoms with Gasteiger partial charge in [-0.25, -0.2) is 4.98 Å². The molecule has 1 N–H and O–H groups in total. The number of aromatic nitrogens is 1. The largest absolute Gasteiger partial charge is 0.481 e. The Hall–Kier alpha value is -1.43. The van der Waals surface area contributed by atoms with Crippen molar-refractivity contribution in [1.82, 2.24) is 9.88 Å². The Bertz CT molecular complexity index is 547. The van der Waals surface area contributed by atoms with E-state index in [9.17, 15) is 14.7 Å². The van der Waals surface area contributed by atoms with Crippen LogP contribution in [-0.4, -0.2) is 40.0 Å². The third kappa shape index (κ3) is 2.57. The summed E-state index contributed by atoms with van der Waals surface area (Å²) in [6.07, 6.45) is 0.498. The Labute approximate surface area is 122 Å². The first-order chi connectivity index (χ1) is 9.15. The van der Waals surface area contributed by atoms with Gasteiger partial charge in [-0.3, -0.25) is 9.59 Å². The standard InChI is InChI=1S/C14H20N2O3S/c1-13(2,3)10-9(20-8-15-10)11(17)16-6-5-14(4,7-16)12(18)19/h8H,5-7H2,1-4H3,(H,18,19)/t14-/m0/s1. The predicted molar refractivity (Wildman–Crippen MR) is 77.1 cm³/mol. The van der Waals surface area contributed by atoms with Gasteiger partial charge < -0.3 is 10.0 Å². The molecule has 0 bridgehead atoms. The zero-order valence-electron chi connectivity index (χ0n) is 12.3. The number of carboxylic acid groups (broad SMARTS) is 1. The molecule has 1 aliphatic heterocycles. The molecule has 1 amide bonds. The minimum absolute atomic E-state index is 0.0950. The van der Waals surface area contributed by atoms with Crippen LogP contribution in [0.2, 0.25) is 0 Å². The number of amides is 1. The van der Waals surface area contributed by atoms with E-state index >= 15 is 0 Å². The molecule has 5 nitrogen and oxygen atoms in total. The van der Waals surface area contributed by atoms with E-state index < -0.39 is 11.4 Å². The highest BCUT2D eigenvalue weighted by Gasteiger charge is 2.43. The summed E-state index contributed by atoms with van der Waals surface area (Å²) in [5.74, 6) is -0.935. The van der Waals surface area contributed by atoms with Gasteiger partial charge >= 0.3 is 5.97 Å². The molecule has 1 fully saturated rings. The summed E-state index contributed by atoms with van der Waals surface area (Å²) >= 11 is 1.33. The van der Waals surface area contributed by atoms with Crippen molar-refractivity contribution in [2.45, 2.75) is 39.5 Å². The molecule has 0 aromatic carbocycles. The fraction of sp³-hybridized carbons (Fsp3) is 0.643. The number of aliphatic carboxylic acids is 1. The van der Waals surface area contributed by atoms with Crippen LogP contribution in [0.25, 0.3) is 0 Å². The lowest BCUT2D eigenvalue weighted by atomic mass is 9.90. The van der Waals surface area contributed by atoms with Gasteiger partial charge in [0.1, 0.15) is 4.88 Å². The number of rotatable bonds is 2. The topological polar surface area (TPSA) is 70.5 Å². The molecule has 1 aromatic heterocycles. The van der Waals surface area contributed by atoms with Gasteiger partial charge in [-0.05, 0) is 13.3 Å². The summed E-state index contributed by atoms with van der Waals surface area (Å²) in [5.41, 5.74) is 1.44. The van der Waals surface area contributed by atoms with Crippen LogP contribution in [0.1, 0.15) is 49.5 Å². The molecule has 1 saturated heterocycles. The SMILES string of the molecule is CC(C)(C)c1ncsc1C(=O)N1CC[C@](C)(C(=O)O)C1. The van der Waals surface area contributed by atoms with E-state index in [1.165, 1.54) is 11.3 Å². The van der Waals surface area contributed by atoms with Crippen molar-refractivity contribution in [2.24, 2.45) is 5.41 Å². The molecule has 1 aromatic rings. The molecule has 0 saturated carbocycles. The summed E-state index contributed by atoms with van der Waals surface area (Å²) in [4.78, 5) is 30.4. The third-order valence-electron chi connectivity index (χ3n) is 3.75. The van der Waals surface area contributed by atoms with Gasteiger partial charge in [0, 0.05) is 18.5 Å². The number of hydrogen-bond donors (Lipinski definition) is 1. The lowest BCUT2D eigenvalue weighted by Crippen LogP contribution is -2.35. The van der Waals surface area contributed by atoms with E-state index in [0.29, 0.717) is 17.8 Å². The number of carboxylic acids is 1. The molecule has 20 heavy (non-hydrogen) atoms. The van der Waals surface area contributed by atoms with Gasteiger partial charge in [-0.2, -0.15) is 0 Å². The lowest BCUT2D eigenvalue weighted by Gasteiger charge is -2.22. The maximum atomic E-state index is 12.6. The normalized spacial score (nSPS) is 23.1. The third-order valence-corrected chi connectivity index (χ3v) is 4.56. The number of thiazole rings is 1. The molecule has 2 heterocycles. The van der Waals surface area contributed by atoms with Gasteiger partial charge in [-0.15, -0.1) is 11.3 Å². The molecule has 6 heteroatoms. The Kier molecular flexibility index (Phi) is 3.62. The van der Waals surface area contributed by atoms with E-state index in [2.05, 4.69) is 4.98 Å². The second kappa shape index (κ2) is 4.84. The molecular weight excluding hydrogens is 276 g/mol. The summed E-state index contributed by atoms with van der Waals surface area (Å²) in [7, 11) is 0. The summed E-state index contributed by atoms with van der Waals surface area (Å²) in [6, 6.07) is 0. The van der Waals surface area contributed by atoms with Gasteiger partial charge in [0.2, 0.25) is 0 Å². The van der Waals surface area contributed by atoms with Crippen molar-refractivity contribution in [2.75, 3.05) is 13.1 Å². The Morgan fingerprint density at radius 2 is 2.10 bits per heavy atom. The van der Waals surface area contributed by atoms with Crippen molar-refractivity contribution in [3.05, 3.63) is 16.1 Å². The summed E-state index contributed by atoms with van der Waals surface area (Å²) in [6.45, 7) is 8.50. The summed E-state index contributed by atoms with van der Waals surface area (Å²) < 4.78 is 0. The van der Waals surface area contributed by atoms with Crippen molar-refractivity contribution < 1.29 is 14.7 Å². The quantitative estimate of drug-likeness (QED) is 0.909. The second-order valence-corrected chi connectivity index (χ2v) is 7.48. The molecule has 0 aliphatic carbocycles. The van der Waals surface area contributed by atoms with Gasteiger partial charge in [0.15, 0.2) is 0 Å². The average Bonchev–Trinajstić information content (AvgIpc) is 2.94. The fourth-order valence-electron chi connectivity index (χ4n) is 2.38. The van der Waals surface area contributed by atoms with Crippen LogP contribution in [-0.2, 0) is 10.2 Å². The molecule has 0 spiro atoms. The fourth-order valence-corrected chi connectivity index (χ4v) is 3.35. The monoisotopic (exact) mass is 296 g/mol. The highest BCUT2D eigenvalue weighted by molar-refractivity contribution is 7.11. The molecule has 0 unspecified atom stereocenters. The zero-order valence-corrected chi connectivity index (χ0v) is 13.1. The molecule has 110 valence electrons. The van der Waals surface area contributed by atoms with E-state index in [4.69, 9.17) is 0 Å². The van der Waals surface area contributed by atoms with Crippen molar-refractivity contribution in [3.63, 3.8) is 0 Å².